The summed E-state index contributed by atoms with van der Waals surface area (Å²) < 4.78 is 3.58. The first-order valence-electron chi connectivity index (χ1n) is 12.5. The van der Waals surface area contributed by atoms with Gasteiger partial charge in [0.1, 0.15) is 5.65 Å². The van der Waals surface area contributed by atoms with E-state index in [1.165, 1.54) is 0 Å². The molecule has 1 atom stereocenters. The van der Waals surface area contributed by atoms with Crippen LogP contribution in [0.5, 0.6) is 0 Å². The third-order valence-electron chi connectivity index (χ3n) is 6.77. The molecule has 7 nitrogen and oxygen atoms in total. The summed E-state index contributed by atoms with van der Waals surface area (Å²) in [5.74, 6) is 0.383. The van der Waals surface area contributed by atoms with Crippen molar-refractivity contribution in [1.82, 2.24) is 24.3 Å². The van der Waals surface area contributed by atoms with E-state index >= 15 is 0 Å². The number of pyridine rings is 1. The molecule has 0 aliphatic rings. The van der Waals surface area contributed by atoms with Crippen LogP contribution in [0.15, 0.2) is 127 Å². The number of aromatic nitrogens is 5. The lowest BCUT2D eigenvalue weighted by Crippen LogP contribution is -2.28. The third kappa shape index (κ3) is 4.57. The van der Waals surface area contributed by atoms with Crippen LogP contribution in [0.2, 0.25) is 0 Å². The van der Waals surface area contributed by atoms with Crippen LogP contribution in [0.25, 0.3) is 16.7 Å². The number of nitrogens with zero attached hydrogens (tertiary/aromatic N) is 5. The maximum Gasteiger partial charge on any atom is 0.252 e. The van der Waals surface area contributed by atoms with Crippen molar-refractivity contribution >= 4 is 22.7 Å². The van der Waals surface area contributed by atoms with Gasteiger partial charge in [-0.1, -0.05) is 60.7 Å². The minimum atomic E-state index is -0.202. The van der Waals surface area contributed by atoms with Gasteiger partial charge in [0.2, 0.25) is 5.95 Å². The first kappa shape index (κ1) is 23.4. The Morgan fingerprint density at radius 2 is 1.47 bits per heavy atom. The molecule has 0 fully saturated rings. The van der Waals surface area contributed by atoms with E-state index < -0.39 is 0 Å². The van der Waals surface area contributed by atoms with Gasteiger partial charge >= 0.3 is 0 Å². The number of nitrogens with one attached hydrogen (secondary N) is 1. The topological polar surface area (TPSA) is 77.6 Å². The number of hydrogen-bond acceptors (Lipinski definition) is 5. The molecule has 1 N–H and O–H groups in total. The van der Waals surface area contributed by atoms with Gasteiger partial charge in [0.05, 0.1) is 5.69 Å². The van der Waals surface area contributed by atoms with Crippen LogP contribution in [0.1, 0.15) is 30.0 Å². The number of anilines is 2. The number of rotatable bonds is 7. The lowest BCUT2D eigenvalue weighted by atomic mass is 9.85. The molecule has 1 unspecified atom stereocenters. The second kappa shape index (κ2) is 10.1. The average Bonchev–Trinajstić information content (AvgIpc) is 3.50. The maximum atomic E-state index is 13.3. The Balaban J connectivity index is 1.39. The van der Waals surface area contributed by atoms with Gasteiger partial charge in [-0.05, 0) is 54.4 Å². The Morgan fingerprint density at radius 1 is 0.789 bits per heavy atom. The molecule has 0 saturated carbocycles. The molecule has 186 valence electrons. The highest BCUT2D eigenvalue weighted by atomic mass is 16.1. The molecule has 0 bridgehead atoms. The van der Waals surface area contributed by atoms with Crippen LogP contribution < -0.4 is 10.9 Å². The molecule has 7 heteroatoms. The molecule has 0 radical (unpaired) electrons. The van der Waals surface area contributed by atoms with E-state index in [9.17, 15) is 4.79 Å². The summed E-state index contributed by atoms with van der Waals surface area (Å²) in [6.45, 7) is 2.08. The minimum absolute atomic E-state index is 0.0399. The molecule has 38 heavy (non-hydrogen) atoms. The quantitative estimate of drug-likeness (QED) is 0.287. The van der Waals surface area contributed by atoms with Gasteiger partial charge < -0.3 is 5.32 Å². The van der Waals surface area contributed by atoms with Crippen LogP contribution in [0.4, 0.5) is 11.6 Å². The molecule has 0 aliphatic heterocycles. The first-order chi connectivity index (χ1) is 18.7. The van der Waals surface area contributed by atoms with Crippen molar-refractivity contribution < 1.29 is 0 Å². The highest BCUT2D eigenvalue weighted by molar-refractivity contribution is 5.76. The molecule has 0 amide bonds. The van der Waals surface area contributed by atoms with Crippen molar-refractivity contribution in [1.29, 1.82) is 0 Å². The predicted molar refractivity (Wildman–Crippen MR) is 150 cm³/mol. The van der Waals surface area contributed by atoms with Crippen molar-refractivity contribution in [3.63, 3.8) is 0 Å². The lowest BCUT2D eigenvalue weighted by Gasteiger charge is -2.27. The Morgan fingerprint density at radius 3 is 2.11 bits per heavy atom. The molecule has 6 aromatic rings. The highest BCUT2D eigenvalue weighted by Crippen LogP contribution is 2.35. The van der Waals surface area contributed by atoms with Crippen molar-refractivity contribution in [3.05, 3.63) is 143 Å². The van der Waals surface area contributed by atoms with Gasteiger partial charge in [0.25, 0.3) is 5.56 Å². The fourth-order valence-electron chi connectivity index (χ4n) is 4.96. The van der Waals surface area contributed by atoms with Gasteiger partial charge in [-0.3, -0.25) is 9.36 Å². The molecule has 0 spiro atoms. The zero-order valence-corrected chi connectivity index (χ0v) is 20.8. The van der Waals surface area contributed by atoms with E-state index in [4.69, 9.17) is 4.98 Å². The van der Waals surface area contributed by atoms with E-state index in [2.05, 4.69) is 46.6 Å². The fourth-order valence-corrected chi connectivity index (χ4v) is 4.96. The summed E-state index contributed by atoms with van der Waals surface area (Å²) in [4.78, 5) is 22.7. The van der Waals surface area contributed by atoms with Crippen molar-refractivity contribution in [2.75, 3.05) is 5.32 Å². The van der Waals surface area contributed by atoms with Gasteiger partial charge in [0.15, 0.2) is 0 Å². The number of hydrogen-bond donors (Lipinski definition) is 1. The van der Waals surface area contributed by atoms with Crippen LogP contribution in [0.3, 0.4) is 0 Å². The summed E-state index contributed by atoms with van der Waals surface area (Å²) in [6.07, 6.45) is 5.40. The largest absolute Gasteiger partial charge is 0.324 e. The SMILES string of the molecule is CC(C(c1ccccc1)c1ccccc1)n1c(=O)ccc2cnc(Nc3ccc(-n4cccn4)cc3)nc21. The molecular formula is C31H26N6O. The summed E-state index contributed by atoms with van der Waals surface area (Å²) >= 11 is 0. The predicted octanol–water partition coefficient (Wildman–Crippen LogP) is 6.11. The summed E-state index contributed by atoms with van der Waals surface area (Å²) in [6, 6.07) is 33.5. The van der Waals surface area contributed by atoms with Gasteiger partial charge in [-0.25, -0.2) is 9.67 Å². The van der Waals surface area contributed by atoms with E-state index in [1.54, 1.807) is 33.8 Å². The van der Waals surface area contributed by atoms with Gasteiger partial charge in [-0.15, -0.1) is 0 Å². The van der Waals surface area contributed by atoms with E-state index in [0.29, 0.717) is 11.6 Å². The molecule has 3 aromatic carbocycles. The molecule has 6 rings (SSSR count). The van der Waals surface area contributed by atoms with Crippen molar-refractivity contribution in [2.24, 2.45) is 0 Å². The van der Waals surface area contributed by atoms with E-state index in [0.717, 1.165) is 27.9 Å². The molecule has 3 aromatic heterocycles. The summed E-state index contributed by atoms with van der Waals surface area (Å²) in [5.41, 5.74) is 4.56. The van der Waals surface area contributed by atoms with Crippen LogP contribution in [-0.2, 0) is 0 Å². The summed E-state index contributed by atoms with van der Waals surface area (Å²) in [7, 11) is 0. The first-order valence-corrected chi connectivity index (χ1v) is 12.5. The molecule has 0 aliphatic carbocycles. The minimum Gasteiger partial charge on any atom is -0.324 e. The fraction of sp³-hybridized carbons (Fsp3) is 0.0968. The Kier molecular flexibility index (Phi) is 6.24. The third-order valence-corrected chi connectivity index (χ3v) is 6.77. The number of fused-ring (bicyclic) bond motifs is 1. The molecule has 3 heterocycles. The number of benzene rings is 3. The average molecular weight is 499 g/mol. The van der Waals surface area contributed by atoms with Crippen LogP contribution >= 0.6 is 0 Å². The van der Waals surface area contributed by atoms with Gasteiger partial charge in [-0.2, -0.15) is 10.1 Å². The van der Waals surface area contributed by atoms with E-state index in [-0.39, 0.29) is 17.5 Å². The maximum absolute atomic E-state index is 13.3. The zero-order valence-electron chi connectivity index (χ0n) is 20.8. The Hall–Kier alpha value is -5.04. The summed E-state index contributed by atoms with van der Waals surface area (Å²) in [5, 5.41) is 8.35. The molecular weight excluding hydrogens is 472 g/mol. The van der Waals surface area contributed by atoms with Crippen LogP contribution in [-0.4, -0.2) is 24.3 Å². The van der Waals surface area contributed by atoms with Crippen molar-refractivity contribution in [3.8, 4) is 5.69 Å². The van der Waals surface area contributed by atoms with Crippen LogP contribution in [0, 0.1) is 0 Å². The standard InChI is InChI=1S/C31H26N6O/c1-22(29(23-9-4-2-5-10-23)24-11-6-3-7-12-24)37-28(38)18-13-25-21-32-31(35-30(25)37)34-26-14-16-27(17-15-26)36-20-8-19-33-36/h2-22,29H,1H3,(H,32,34,35). The monoisotopic (exact) mass is 498 g/mol. The highest BCUT2D eigenvalue weighted by Gasteiger charge is 2.25. The zero-order chi connectivity index (χ0) is 25.9. The lowest BCUT2D eigenvalue weighted by molar-refractivity contribution is 0.487. The Labute approximate surface area is 220 Å². The second-order valence-corrected chi connectivity index (χ2v) is 9.18. The second-order valence-electron chi connectivity index (χ2n) is 9.18. The smallest absolute Gasteiger partial charge is 0.252 e. The van der Waals surface area contributed by atoms with Crippen molar-refractivity contribution in [2.45, 2.75) is 18.9 Å². The van der Waals surface area contributed by atoms with E-state index in [1.807, 2.05) is 72.9 Å². The normalized spacial score (nSPS) is 12.1. The Bertz CT molecular complexity index is 1670. The molecule has 0 saturated heterocycles. The van der Waals surface area contributed by atoms with Gasteiger partial charge in [0, 0.05) is 47.7 Å².